The van der Waals surface area contributed by atoms with Crippen molar-refractivity contribution in [1.82, 2.24) is 4.31 Å². The van der Waals surface area contributed by atoms with E-state index in [0.717, 1.165) is 4.31 Å². The Morgan fingerprint density at radius 1 is 1.24 bits per heavy atom. The van der Waals surface area contributed by atoms with E-state index in [9.17, 15) is 8.42 Å². The molecule has 21 heavy (non-hydrogen) atoms. The molecule has 2 N–H and O–H groups in total. The third-order valence-electron chi connectivity index (χ3n) is 2.63. The molecule has 0 spiro atoms. The minimum absolute atomic E-state index is 0.0387. The topological polar surface area (TPSA) is 111 Å². The van der Waals surface area contributed by atoms with Crippen molar-refractivity contribution in [2.24, 2.45) is 5.73 Å². The maximum absolute atomic E-state index is 12.5. The number of nitrogens with two attached hydrogens (primary N) is 1. The van der Waals surface area contributed by atoms with Gasteiger partial charge in [-0.1, -0.05) is 17.9 Å². The summed E-state index contributed by atoms with van der Waals surface area (Å²) in [6, 6.07) is 8.24. The smallest absolute Gasteiger partial charge is 0.245 e. The van der Waals surface area contributed by atoms with Gasteiger partial charge in [-0.3, -0.25) is 0 Å². The van der Waals surface area contributed by atoms with Gasteiger partial charge < -0.3 is 5.73 Å². The molecule has 0 aliphatic heterocycles. The van der Waals surface area contributed by atoms with Crippen molar-refractivity contribution >= 4 is 10.0 Å². The molecular formula is C14H14N4O2S. The highest BCUT2D eigenvalue weighted by molar-refractivity contribution is 7.89. The highest BCUT2D eigenvalue weighted by Gasteiger charge is 2.25. The van der Waals surface area contributed by atoms with Crippen LogP contribution in [0.1, 0.15) is 11.1 Å². The Balaban J connectivity index is 3.36. The van der Waals surface area contributed by atoms with Crippen LogP contribution < -0.4 is 5.73 Å². The summed E-state index contributed by atoms with van der Waals surface area (Å²) in [5.41, 5.74) is 6.32. The van der Waals surface area contributed by atoms with Gasteiger partial charge in [0.25, 0.3) is 0 Å². The van der Waals surface area contributed by atoms with Crippen molar-refractivity contribution in [3.8, 4) is 24.0 Å². The first-order valence-electron chi connectivity index (χ1n) is 6.01. The van der Waals surface area contributed by atoms with Crippen LogP contribution in [0.15, 0.2) is 23.1 Å². The second-order valence-electron chi connectivity index (χ2n) is 4.08. The third-order valence-corrected chi connectivity index (χ3v) is 4.57. The zero-order valence-electron chi connectivity index (χ0n) is 11.5. The molecule has 0 bridgehead atoms. The molecule has 0 heterocycles. The molecule has 0 aliphatic rings. The van der Waals surface area contributed by atoms with Gasteiger partial charge in [0.05, 0.1) is 23.6 Å². The quantitative estimate of drug-likeness (QED) is 0.637. The average molecular weight is 302 g/mol. The Bertz CT molecular complexity index is 745. The van der Waals surface area contributed by atoms with Gasteiger partial charge in [0.1, 0.15) is 13.1 Å². The summed E-state index contributed by atoms with van der Waals surface area (Å²) in [4.78, 5) is 0.0387. The maximum atomic E-state index is 12.5. The first-order valence-corrected chi connectivity index (χ1v) is 7.45. The van der Waals surface area contributed by atoms with E-state index in [4.69, 9.17) is 16.3 Å². The average Bonchev–Trinajstić information content (AvgIpc) is 2.46. The van der Waals surface area contributed by atoms with E-state index in [1.807, 2.05) is 0 Å². The van der Waals surface area contributed by atoms with Crippen molar-refractivity contribution in [2.75, 3.05) is 19.6 Å². The van der Waals surface area contributed by atoms with Crippen molar-refractivity contribution in [3.63, 3.8) is 0 Å². The Hall–Kier alpha value is -2.37. The van der Waals surface area contributed by atoms with Crippen molar-refractivity contribution in [3.05, 3.63) is 29.3 Å². The minimum atomic E-state index is -3.91. The van der Waals surface area contributed by atoms with E-state index >= 15 is 0 Å². The standard InChI is InChI=1S/C14H14N4O2S/c1-12-4-5-13(3-2-6-15)11-14(12)21(19,20)18(9-7-16)10-8-17/h4-5,11H,6,9-10,15H2,1H3. The van der Waals surface area contributed by atoms with Gasteiger partial charge >= 0.3 is 0 Å². The van der Waals surface area contributed by atoms with Gasteiger partial charge in [-0.25, -0.2) is 8.42 Å². The molecule has 0 unspecified atom stereocenters. The Kier molecular flexibility index (Phi) is 5.90. The summed E-state index contributed by atoms with van der Waals surface area (Å²) in [5.74, 6) is 5.41. The summed E-state index contributed by atoms with van der Waals surface area (Å²) >= 11 is 0. The van der Waals surface area contributed by atoms with Crippen LogP contribution in [0.2, 0.25) is 0 Å². The number of sulfonamides is 1. The number of benzene rings is 1. The molecule has 0 amide bonds. The lowest BCUT2D eigenvalue weighted by Gasteiger charge is -2.17. The molecule has 6 nitrogen and oxygen atoms in total. The molecule has 1 aromatic rings. The largest absolute Gasteiger partial charge is 0.320 e. The van der Waals surface area contributed by atoms with Crippen LogP contribution in [-0.2, 0) is 10.0 Å². The van der Waals surface area contributed by atoms with Gasteiger partial charge in [0, 0.05) is 5.56 Å². The molecule has 1 aromatic carbocycles. The first kappa shape index (κ1) is 16.7. The monoisotopic (exact) mass is 302 g/mol. The molecule has 0 saturated heterocycles. The lowest BCUT2D eigenvalue weighted by atomic mass is 10.1. The van der Waals surface area contributed by atoms with E-state index < -0.39 is 10.0 Å². The second-order valence-corrected chi connectivity index (χ2v) is 5.98. The Morgan fingerprint density at radius 3 is 2.38 bits per heavy atom. The minimum Gasteiger partial charge on any atom is -0.320 e. The predicted octanol–water partition coefficient (Wildman–Crippen LogP) is 0.343. The van der Waals surface area contributed by atoms with E-state index in [0.29, 0.717) is 11.1 Å². The number of rotatable bonds is 4. The molecular weight excluding hydrogens is 288 g/mol. The Labute approximate surface area is 124 Å². The molecule has 1 rings (SSSR count). The van der Waals surface area contributed by atoms with Gasteiger partial charge in [0.2, 0.25) is 10.0 Å². The van der Waals surface area contributed by atoms with Gasteiger partial charge in [0.15, 0.2) is 0 Å². The summed E-state index contributed by atoms with van der Waals surface area (Å²) in [7, 11) is -3.91. The summed E-state index contributed by atoms with van der Waals surface area (Å²) in [5, 5.41) is 17.4. The molecule has 0 aromatic heterocycles. The number of aryl methyl sites for hydroxylation is 1. The molecule has 7 heteroatoms. The number of hydrogen-bond donors (Lipinski definition) is 1. The zero-order chi connectivity index (χ0) is 15.9. The van der Waals surface area contributed by atoms with Crippen molar-refractivity contribution < 1.29 is 8.42 Å². The number of hydrogen-bond acceptors (Lipinski definition) is 5. The van der Waals surface area contributed by atoms with Crippen LogP contribution >= 0.6 is 0 Å². The molecule has 0 atom stereocenters. The van der Waals surface area contributed by atoms with Crippen LogP contribution in [0.3, 0.4) is 0 Å². The fraction of sp³-hybridized carbons (Fsp3) is 0.286. The van der Waals surface area contributed by atoms with Gasteiger partial charge in [-0.2, -0.15) is 14.8 Å². The molecule has 108 valence electrons. The van der Waals surface area contributed by atoms with E-state index in [-0.39, 0.29) is 24.5 Å². The van der Waals surface area contributed by atoms with Crippen LogP contribution in [0, 0.1) is 41.4 Å². The molecule has 0 aliphatic carbocycles. The van der Waals surface area contributed by atoms with E-state index in [1.54, 1.807) is 31.2 Å². The fourth-order valence-electron chi connectivity index (χ4n) is 1.63. The highest BCUT2D eigenvalue weighted by Crippen LogP contribution is 2.21. The van der Waals surface area contributed by atoms with E-state index in [1.165, 1.54) is 6.07 Å². The van der Waals surface area contributed by atoms with Crippen LogP contribution in [-0.4, -0.2) is 32.4 Å². The predicted molar refractivity (Wildman–Crippen MR) is 77.1 cm³/mol. The van der Waals surface area contributed by atoms with Gasteiger partial charge in [-0.15, -0.1) is 0 Å². The van der Waals surface area contributed by atoms with E-state index in [2.05, 4.69) is 11.8 Å². The van der Waals surface area contributed by atoms with Crippen LogP contribution in [0.4, 0.5) is 0 Å². The summed E-state index contributed by atoms with van der Waals surface area (Å²) < 4.78 is 25.8. The van der Waals surface area contributed by atoms with Crippen LogP contribution in [0.25, 0.3) is 0 Å². The van der Waals surface area contributed by atoms with Gasteiger partial charge in [-0.05, 0) is 24.6 Å². The first-order chi connectivity index (χ1) is 9.97. The lowest BCUT2D eigenvalue weighted by molar-refractivity contribution is 0.479. The second kappa shape index (κ2) is 7.42. The van der Waals surface area contributed by atoms with Crippen molar-refractivity contribution in [2.45, 2.75) is 11.8 Å². The number of nitrogens with zero attached hydrogens (tertiary/aromatic N) is 3. The van der Waals surface area contributed by atoms with Crippen molar-refractivity contribution in [1.29, 1.82) is 10.5 Å². The lowest BCUT2D eigenvalue weighted by Crippen LogP contribution is -2.32. The summed E-state index contributed by atoms with van der Waals surface area (Å²) in [6.45, 7) is 1.05. The highest BCUT2D eigenvalue weighted by atomic mass is 32.2. The number of nitriles is 2. The zero-order valence-corrected chi connectivity index (χ0v) is 12.3. The normalized spacial score (nSPS) is 10.3. The summed E-state index contributed by atoms with van der Waals surface area (Å²) in [6.07, 6.45) is 0. The Morgan fingerprint density at radius 2 is 1.86 bits per heavy atom. The van der Waals surface area contributed by atoms with Crippen LogP contribution in [0.5, 0.6) is 0 Å². The SMILES string of the molecule is Cc1ccc(C#CCN)cc1S(=O)(=O)N(CC#N)CC#N. The third kappa shape index (κ3) is 4.05. The molecule has 0 saturated carbocycles. The maximum Gasteiger partial charge on any atom is 0.245 e. The molecule has 0 fully saturated rings. The molecule has 0 radical (unpaired) electrons. The fourth-order valence-corrected chi connectivity index (χ4v) is 3.12.